The molecule has 286 valence electrons. The van der Waals surface area contributed by atoms with Crippen LogP contribution < -0.4 is 11.5 Å². The normalized spacial score (nSPS) is 12.0. The Morgan fingerprint density at radius 1 is 0.407 bits per heavy atom. The van der Waals surface area contributed by atoms with E-state index in [1.54, 1.807) is 72.8 Å². The fourth-order valence-corrected chi connectivity index (χ4v) is 6.81. The first-order valence-electron chi connectivity index (χ1n) is 20.5. The lowest BCUT2D eigenvalue weighted by atomic mass is 9.95. The van der Waals surface area contributed by atoms with Gasteiger partial charge in [0.25, 0.3) is 0 Å². The number of unbranched alkanes of at least 4 members (excludes halogenated alkanes) is 16. The lowest BCUT2D eigenvalue weighted by Gasteiger charge is -2.10. The molecule has 0 unspecified atom stereocenters. The average molecular weight is 727 g/mol. The van der Waals surface area contributed by atoms with E-state index in [-0.39, 0.29) is 11.6 Å². The van der Waals surface area contributed by atoms with Gasteiger partial charge in [-0.2, -0.15) is 10.5 Å². The summed E-state index contributed by atoms with van der Waals surface area (Å²) in [5.41, 5.74) is 18.0. The van der Waals surface area contributed by atoms with Crippen molar-refractivity contribution in [3.63, 3.8) is 0 Å². The van der Waals surface area contributed by atoms with E-state index in [2.05, 4.69) is 26.0 Å². The molecule has 0 fully saturated rings. The summed E-state index contributed by atoms with van der Waals surface area (Å²) >= 11 is 0. The van der Waals surface area contributed by atoms with Crippen molar-refractivity contribution >= 4 is 34.1 Å². The molecule has 0 radical (unpaired) electrons. The molecule has 3 aromatic carbocycles. The van der Waals surface area contributed by atoms with Crippen molar-refractivity contribution in [2.45, 2.75) is 142 Å². The third-order valence-electron chi connectivity index (χ3n) is 10.3. The Balaban J connectivity index is 1.57. The lowest BCUT2D eigenvalue weighted by molar-refractivity contribution is 0.0971. The summed E-state index contributed by atoms with van der Waals surface area (Å²) in [6, 6.07) is 25.7. The minimum Gasteiger partial charge on any atom is -0.397 e. The van der Waals surface area contributed by atoms with Crippen LogP contribution in [-0.2, 0) is 0 Å². The molecule has 0 aliphatic carbocycles. The number of allylic oxidation sites excluding steroid dienone is 2. The number of hydrogen-bond donors (Lipinski definition) is 2. The Bertz CT molecular complexity index is 1610. The number of rotatable bonds is 26. The predicted molar refractivity (Wildman–Crippen MR) is 225 cm³/mol. The van der Waals surface area contributed by atoms with E-state index in [4.69, 9.17) is 11.5 Å². The van der Waals surface area contributed by atoms with E-state index in [9.17, 15) is 20.1 Å². The van der Waals surface area contributed by atoms with Crippen LogP contribution in [0.3, 0.4) is 0 Å². The first-order chi connectivity index (χ1) is 26.3. The number of nitriles is 2. The van der Waals surface area contributed by atoms with Gasteiger partial charge in [0.1, 0.15) is 12.1 Å². The first-order valence-corrected chi connectivity index (χ1v) is 20.5. The number of nitrogens with two attached hydrogens (primary N) is 2. The maximum absolute atomic E-state index is 12.8. The Morgan fingerprint density at radius 2 is 0.648 bits per heavy atom. The third-order valence-corrected chi connectivity index (χ3v) is 10.3. The summed E-state index contributed by atoms with van der Waals surface area (Å²) in [6.07, 6.45) is 22.8. The number of carbonyl (C=O) groups is 2. The van der Waals surface area contributed by atoms with Crippen molar-refractivity contribution in [1.82, 2.24) is 0 Å². The van der Waals surface area contributed by atoms with Crippen molar-refractivity contribution < 1.29 is 9.59 Å². The Kier molecular flexibility index (Phi) is 20.2. The molecule has 6 nitrogen and oxygen atoms in total. The molecule has 0 amide bonds. The standard InChI is InChI=1S/C48H62N4O2/c1-3-5-7-9-11-13-15-17-19-21-45(53)39-27-31-41(32-28-39)47(51)43(35-49)37-23-25-38(26-24-37)44(36-50)48(52)42-33-29-40(30-34-42)46(54)22-20-18-16-14-12-10-8-6-4-2/h23-34H,3-22,51-52H2,1-2H3. The monoisotopic (exact) mass is 726 g/mol. The van der Waals surface area contributed by atoms with Crippen molar-refractivity contribution in [2.24, 2.45) is 11.5 Å². The molecule has 3 aromatic rings. The maximum Gasteiger partial charge on any atom is 0.162 e. The molecule has 0 saturated carbocycles. The summed E-state index contributed by atoms with van der Waals surface area (Å²) in [7, 11) is 0. The number of nitrogens with zero attached hydrogens (tertiary/aromatic N) is 2. The van der Waals surface area contributed by atoms with Crippen molar-refractivity contribution in [3.8, 4) is 12.1 Å². The van der Waals surface area contributed by atoms with E-state index in [1.165, 1.54) is 89.9 Å². The van der Waals surface area contributed by atoms with Crippen LogP contribution in [-0.4, -0.2) is 11.6 Å². The molecular formula is C48H62N4O2. The zero-order valence-electron chi connectivity index (χ0n) is 32.9. The molecule has 0 spiro atoms. The second-order valence-corrected chi connectivity index (χ2v) is 14.5. The lowest BCUT2D eigenvalue weighted by Crippen LogP contribution is -2.04. The van der Waals surface area contributed by atoms with Gasteiger partial charge in [0.05, 0.1) is 22.5 Å². The largest absolute Gasteiger partial charge is 0.397 e. The molecule has 0 heterocycles. The third kappa shape index (κ3) is 14.5. The average Bonchev–Trinajstić information content (AvgIpc) is 3.20. The number of hydrogen-bond acceptors (Lipinski definition) is 6. The molecule has 6 heteroatoms. The van der Waals surface area contributed by atoms with Gasteiger partial charge in [-0.15, -0.1) is 0 Å². The minimum absolute atomic E-state index is 0.123. The SMILES string of the molecule is CCCCCCCCCCCC(=O)c1ccc(C(N)=C(C#N)c2ccc(C(C#N)=C(N)c3ccc(C(=O)CCCCCCCCCCC)cc3)cc2)cc1. The number of benzene rings is 3. The highest BCUT2D eigenvalue weighted by atomic mass is 16.1. The van der Waals surface area contributed by atoms with Crippen LogP contribution in [0.15, 0.2) is 72.8 Å². The van der Waals surface area contributed by atoms with E-state index in [0.29, 0.717) is 68.8 Å². The molecule has 0 saturated heterocycles. The fourth-order valence-electron chi connectivity index (χ4n) is 6.81. The van der Waals surface area contributed by atoms with Crippen LogP contribution in [0.4, 0.5) is 0 Å². The summed E-state index contributed by atoms with van der Waals surface area (Å²) in [5, 5.41) is 20.1. The van der Waals surface area contributed by atoms with Crippen molar-refractivity contribution in [1.29, 1.82) is 10.5 Å². The maximum atomic E-state index is 12.8. The topological polar surface area (TPSA) is 134 Å². The first kappa shape index (κ1) is 43.5. The van der Waals surface area contributed by atoms with Gasteiger partial charge >= 0.3 is 0 Å². The number of ketones is 2. The number of Topliss-reactive ketones (excluding diaryl/α,β-unsaturated/α-hetero) is 2. The highest BCUT2D eigenvalue weighted by Gasteiger charge is 2.14. The quantitative estimate of drug-likeness (QED) is 0.0366. The zero-order chi connectivity index (χ0) is 39.0. The highest BCUT2D eigenvalue weighted by molar-refractivity contribution is 6.00. The Hall–Kier alpha value is -4.94. The molecule has 0 aliphatic rings. The van der Waals surface area contributed by atoms with Crippen LogP contribution in [0.1, 0.15) is 185 Å². The summed E-state index contributed by atoms with van der Waals surface area (Å²) in [6.45, 7) is 4.46. The Labute approximate surface area is 325 Å². The number of carbonyl (C=O) groups excluding carboxylic acids is 2. The van der Waals surface area contributed by atoms with Gasteiger partial charge in [0.2, 0.25) is 0 Å². The van der Waals surface area contributed by atoms with Gasteiger partial charge < -0.3 is 11.5 Å². The van der Waals surface area contributed by atoms with Gasteiger partial charge in [-0.25, -0.2) is 0 Å². The van der Waals surface area contributed by atoms with Gasteiger partial charge in [0, 0.05) is 24.0 Å². The van der Waals surface area contributed by atoms with Crippen LogP contribution in [0.2, 0.25) is 0 Å². The zero-order valence-corrected chi connectivity index (χ0v) is 32.9. The summed E-state index contributed by atoms with van der Waals surface area (Å²) in [4.78, 5) is 25.6. The fraction of sp³-hybridized carbons (Fsp3) is 0.458. The van der Waals surface area contributed by atoms with E-state index >= 15 is 0 Å². The van der Waals surface area contributed by atoms with E-state index in [1.807, 2.05) is 0 Å². The minimum atomic E-state index is 0.123. The molecule has 0 atom stereocenters. The van der Waals surface area contributed by atoms with Crippen LogP contribution in [0.25, 0.3) is 22.5 Å². The van der Waals surface area contributed by atoms with Crippen LogP contribution >= 0.6 is 0 Å². The van der Waals surface area contributed by atoms with E-state index < -0.39 is 0 Å². The molecule has 0 aromatic heterocycles. The summed E-state index contributed by atoms with van der Waals surface area (Å²) in [5.74, 6) is 0.245. The van der Waals surface area contributed by atoms with Gasteiger partial charge in [0.15, 0.2) is 11.6 Å². The van der Waals surface area contributed by atoms with Crippen LogP contribution in [0, 0.1) is 22.7 Å². The van der Waals surface area contributed by atoms with Crippen LogP contribution in [0.5, 0.6) is 0 Å². The van der Waals surface area contributed by atoms with Gasteiger partial charge in [-0.05, 0) is 35.1 Å². The smallest absolute Gasteiger partial charge is 0.162 e. The van der Waals surface area contributed by atoms with Gasteiger partial charge in [-0.1, -0.05) is 189 Å². The second-order valence-electron chi connectivity index (χ2n) is 14.5. The highest BCUT2D eigenvalue weighted by Crippen LogP contribution is 2.28. The second kappa shape index (κ2) is 25.1. The van der Waals surface area contributed by atoms with Gasteiger partial charge in [-0.3, -0.25) is 9.59 Å². The molecular weight excluding hydrogens is 665 g/mol. The molecule has 54 heavy (non-hydrogen) atoms. The Morgan fingerprint density at radius 3 is 0.926 bits per heavy atom. The molecule has 3 rings (SSSR count). The molecule has 0 bridgehead atoms. The van der Waals surface area contributed by atoms with Crippen molar-refractivity contribution in [3.05, 3.63) is 106 Å². The molecule has 0 aliphatic heterocycles. The van der Waals surface area contributed by atoms with Crippen molar-refractivity contribution in [2.75, 3.05) is 0 Å². The molecule has 4 N–H and O–H groups in total. The summed E-state index contributed by atoms with van der Waals surface area (Å²) < 4.78 is 0. The van der Waals surface area contributed by atoms with E-state index in [0.717, 1.165) is 25.7 Å². The predicted octanol–water partition coefficient (Wildman–Crippen LogP) is 12.6.